The number of halogens is 1. The number of aryl methyl sites for hydroxylation is 3. The summed E-state index contributed by atoms with van der Waals surface area (Å²) < 4.78 is 20.0. The van der Waals surface area contributed by atoms with E-state index in [2.05, 4.69) is 11.2 Å². The maximum atomic E-state index is 14.7. The van der Waals surface area contributed by atoms with Crippen LogP contribution in [0, 0.1) is 37.9 Å². The van der Waals surface area contributed by atoms with E-state index in [1.54, 1.807) is 6.07 Å². The monoisotopic (exact) mass is 375 g/mol. The van der Waals surface area contributed by atoms with Gasteiger partial charge in [-0.15, -0.1) is 0 Å². The molecule has 0 bridgehead atoms. The smallest absolute Gasteiger partial charge is 0.146 e. The summed E-state index contributed by atoms with van der Waals surface area (Å²) in [6, 6.07) is 13.5. The number of hydrogen-bond donors (Lipinski definition) is 0. The first-order chi connectivity index (χ1) is 13.4. The average molecular weight is 375 g/mol. The molecule has 0 amide bonds. The molecule has 1 aliphatic rings. The van der Waals surface area contributed by atoms with Gasteiger partial charge in [0.2, 0.25) is 0 Å². The zero-order valence-electron chi connectivity index (χ0n) is 16.5. The van der Waals surface area contributed by atoms with E-state index in [9.17, 15) is 9.65 Å². The summed E-state index contributed by atoms with van der Waals surface area (Å²) >= 11 is 0. The Morgan fingerprint density at radius 1 is 1.11 bits per heavy atom. The van der Waals surface area contributed by atoms with Crippen LogP contribution in [-0.4, -0.2) is 12.2 Å². The summed E-state index contributed by atoms with van der Waals surface area (Å²) in [5.41, 5.74) is 5.61. The fourth-order valence-corrected chi connectivity index (χ4v) is 3.81. The third kappa shape index (κ3) is 2.86. The van der Waals surface area contributed by atoms with Crippen molar-refractivity contribution in [2.45, 2.75) is 39.0 Å². The van der Waals surface area contributed by atoms with Gasteiger partial charge in [0.1, 0.15) is 11.6 Å². The molecule has 5 heteroatoms. The van der Waals surface area contributed by atoms with Crippen LogP contribution in [0.4, 0.5) is 15.8 Å². The van der Waals surface area contributed by atoms with Crippen LogP contribution in [0.3, 0.4) is 0 Å². The van der Waals surface area contributed by atoms with Gasteiger partial charge < -0.3 is 9.42 Å². The minimum Gasteiger partial charge on any atom is -0.361 e. The Kier molecular flexibility index (Phi) is 4.23. The Labute approximate surface area is 164 Å². The van der Waals surface area contributed by atoms with Gasteiger partial charge in [0.15, 0.2) is 0 Å². The van der Waals surface area contributed by atoms with Crippen LogP contribution < -0.4 is 4.90 Å². The van der Waals surface area contributed by atoms with E-state index in [-0.39, 0.29) is 5.82 Å². The van der Waals surface area contributed by atoms with Gasteiger partial charge in [-0.3, -0.25) is 0 Å². The van der Waals surface area contributed by atoms with E-state index in [1.165, 1.54) is 6.07 Å². The van der Waals surface area contributed by atoms with Crippen molar-refractivity contribution >= 4 is 11.4 Å². The molecule has 0 saturated heterocycles. The van der Waals surface area contributed by atoms with Crippen LogP contribution in [0.1, 0.15) is 35.4 Å². The van der Waals surface area contributed by atoms with Crippen molar-refractivity contribution in [3.8, 4) is 17.2 Å². The van der Waals surface area contributed by atoms with E-state index >= 15 is 0 Å². The molecule has 1 aromatic heterocycles. The molecule has 142 valence electrons. The Bertz CT molecular complexity index is 1090. The maximum absolute atomic E-state index is 14.7. The molecule has 2 aromatic carbocycles. The van der Waals surface area contributed by atoms with Gasteiger partial charge in [-0.25, -0.2) is 4.39 Å². The normalized spacial score (nSPS) is 14.6. The van der Waals surface area contributed by atoms with E-state index in [0.29, 0.717) is 5.69 Å². The van der Waals surface area contributed by atoms with Crippen molar-refractivity contribution in [2.24, 2.45) is 0 Å². The predicted molar refractivity (Wildman–Crippen MR) is 107 cm³/mol. The Balaban J connectivity index is 1.79. The van der Waals surface area contributed by atoms with E-state index in [1.807, 2.05) is 57.0 Å². The highest BCUT2D eigenvalue weighted by Gasteiger charge is 2.45. The first-order valence-electron chi connectivity index (χ1n) is 9.35. The molecule has 0 atom stereocenters. The molecule has 4 nitrogen and oxygen atoms in total. The fourth-order valence-electron chi connectivity index (χ4n) is 3.81. The summed E-state index contributed by atoms with van der Waals surface area (Å²) in [6.07, 6.45) is 1.66. The number of benzene rings is 2. The second kappa shape index (κ2) is 6.49. The van der Waals surface area contributed by atoms with Crippen LogP contribution in [0.2, 0.25) is 0 Å². The Hall–Kier alpha value is -3.13. The molecule has 1 heterocycles. The van der Waals surface area contributed by atoms with Crippen molar-refractivity contribution in [1.82, 2.24) is 5.16 Å². The van der Waals surface area contributed by atoms with Crippen LogP contribution in [0.15, 0.2) is 40.9 Å². The molecule has 1 fully saturated rings. The molecule has 0 aliphatic heterocycles. The van der Waals surface area contributed by atoms with E-state index in [0.717, 1.165) is 52.2 Å². The van der Waals surface area contributed by atoms with Crippen LogP contribution in [0.5, 0.6) is 0 Å². The predicted octanol–water partition coefficient (Wildman–Crippen LogP) is 5.73. The van der Waals surface area contributed by atoms with Crippen LogP contribution in [0.25, 0.3) is 11.1 Å². The summed E-state index contributed by atoms with van der Waals surface area (Å²) in [6.45, 7) is 5.80. The summed E-state index contributed by atoms with van der Waals surface area (Å²) in [5.74, 6) is 0.454. The largest absolute Gasteiger partial charge is 0.361 e. The topological polar surface area (TPSA) is 53.1 Å². The lowest BCUT2D eigenvalue weighted by molar-refractivity contribution is 0.393. The van der Waals surface area contributed by atoms with Gasteiger partial charge in [-0.1, -0.05) is 23.4 Å². The second-order valence-corrected chi connectivity index (χ2v) is 7.62. The molecule has 4 rings (SSSR count). The molecular weight excluding hydrogens is 353 g/mol. The number of aromatic nitrogens is 1. The van der Waals surface area contributed by atoms with Crippen molar-refractivity contribution in [2.75, 3.05) is 11.9 Å². The quantitative estimate of drug-likeness (QED) is 0.584. The van der Waals surface area contributed by atoms with E-state index < -0.39 is 5.41 Å². The molecule has 3 aromatic rings. The van der Waals surface area contributed by atoms with Gasteiger partial charge in [0.05, 0.1) is 22.9 Å². The molecular formula is C23H22FN3O. The molecule has 0 unspecified atom stereocenters. The molecule has 28 heavy (non-hydrogen) atoms. The first-order valence-corrected chi connectivity index (χ1v) is 9.35. The Morgan fingerprint density at radius 3 is 2.46 bits per heavy atom. The summed E-state index contributed by atoms with van der Waals surface area (Å²) in [7, 11) is 1.85. The zero-order valence-corrected chi connectivity index (χ0v) is 16.5. The minimum atomic E-state index is -0.448. The molecule has 0 N–H and O–H groups in total. The van der Waals surface area contributed by atoms with Gasteiger partial charge >= 0.3 is 0 Å². The van der Waals surface area contributed by atoms with Crippen molar-refractivity contribution in [3.63, 3.8) is 0 Å². The number of nitrogens with zero attached hydrogens (tertiary/aromatic N) is 3. The second-order valence-electron chi connectivity index (χ2n) is 7.62. The SMILES string of the molecule is Cc1ccc(-c2c(C)noc2C)cc1N(C)c1cc(C2(C#N)CC2)ccc1F. The zero-order chi connectivity index (χ0) is 20.1. The van der Waals surface area contributed by atoms with Gasteiger partial charge in [-0.05, 0) is 68.5 Å². The lowest BCUT2D eigenvalue weighted by Crippen LogP contribution is -2.14. The van der Waals surface area contributed by atoms with Gasteiger partial charge in [-0.2, -0.15) is 5.26 Å². The lowest BCUT2D eigenvalue weighted by atomic mass is 9.96. The molecule has 0 spiro atoms. The number of anilines is 2. The molecule has 1 saturated carbocycles. The van der Waals surface area contributed by atoms with Crippen molar-refractivity contribution < 1.29 is 8.91 Å². The highest BCUT2D eigenvalue weighted by molar-refractivity contribution is 5.76. The third-order valence-corrected chi connectivity index (χ3v) is 5.72. The number of nitriles is 1. The van der Waals surface area contributed by atoms with Gasteiger partial charge in [0, 0.05) is 18.3 Å². The van der Waals surface area contributed by atoms with Crippen LogP contribution in [-0.2, 0) is 5.41 Å². The molecule has 0 radical (unpaired) electrons. The molecule has 1 aliphatic carbocycles. The fraction of sp³-hybridized carbons (Fsp3) is 0.304. The van der Waals surface area contributed by atoms with Crippen LogP contribution >= 0.6 is 0 Å². The number of rotatable bonds is 4. The van der Waals surface area contributed by atoms with E-state index in [4.69, 9.17) is 4.52 Å². The van der Waals surface area contributed by atoms with Gasteiger partial charge in [0.25, 0.3) is 0 Å². The standard InChI is InChI=1S/C23H22FN3O/c1-14-5-6-17(22-15(2)26-28-16(22)3)11-20(14)27(4)21-12-18(7-8-19(21)24)23(13-25)9-10-23/h5-8,11-12H,9-10H2,1-4H3. The van der Waals surface area contributed by atoms with Crippen molar-refractivity contribution in [1.29, 1.82) is 5.26 Å². The Morgan fingerprint density at radius 2 is 1.86 bits per heavy atom. The first kappa shape index (κ1) is 18.2. The summed E-state index contributed by atoms with van der Waals surface area (Å²) in [4.78, 5) is 1.85. The highest BCUT2D eigenvalue weighted by atomic mass is 19.1. The third-order valence-electron chi connectivity index (χ3n) is 5.72. The maximum Gasteiger partial charge on any atom is 0.146 e. The lowest BCUT2D eigenvalue weighted by Gasteiger charge is -2.24. The highest BCUT2D eigenvalue weighted by Crippen LogP contribution is 2.48. The minimum absolute atomic E-state index is 0.304. The number of hydrogen-bond acceptors (Lipinski definition) is 4. The summed E-state index contributed by atoms with van der Waals surface area (Å²) in [5, 5.41) is 13.5. The average Bonchev–Trinajstić information content (AvgIpc) is 3.42. The van der Waals surface area contributed by atoms with Crippen molar-refractivity contribution in [3.05, 3.63) is 64.8 Å².